The predicted octanol–water partition coefficient (Wildman–Crippen LogP) is 2.22. The summed E-state index contributed by atoms with van der Waals surface area (Å²) in [5.41, 5.74) is 2.15. The monoisotopic (exact) mass is 236 g/mol. The number of H-pyrrole nitrogens is 1. The zero-order valence-corrected chi connectivity index (χ0v) is 9.96. The molecule has 16 heavy (non-hydrogen) atoms. The molecule has 0 aliphatic rings. The summed E-state index contributed by atoms with van der Waals surface area (Å²) < 4.78 is 0. The zero-order valence-electron chi connectivity index (χ0n) is 9.15. The summed E-state index contributed by atoms with van der Waals surface area (Å²) in [6.07, 6.45) is 2.08. The minimum atomic E-state index is 0.273. The highest BCUT2D eigenvalue weighted by molar-refractivity contribution is 7.99. The van der Waals surface area contributed by atoms with Crippen LogP contribution < -0.4 is 0 Å². The number of aromatic nitrogens is 2. The Hall–Kier alpha value is -1.00. The van der Waals surface area contributed by atoms with Crippen molar-refractivity contribution in [1.29, 1.82) is 0 Å². The van der Waals surface area contributed by atoms with E-state index < -0.39 is 0 Å². The molecular weight excluding hydrogens is 220 g/mol. The van der Waals surface area contributed by atoms with Crippen LogP contribution in [0.1, 0.15) is 12.2 Å². The molecule has 1 heterocycles. The van der Waals surface area contributed by atoms with Crippen LogP contribution in [0.2, 0.25) is 0 Å². The molecule has 1 aromatic heterocycles. The molecule has 0 saturated heterocycles. The maximum atomic E-state index is 8.64. The van der Waals surface area contributed by atoms with E-state index in [-0.39, 0.29) is 6.61 Å². The summed E-state index contributed by atoms with van der Waals surface area (Å²) in [7, 11) is 0. The molecule has 0 radical (unpaired) electrons. The number of hydrogen-bond acceptors (Lipinski definition) is 3. The number of nitrogens with one attached hydrogen (secondary N) is 1. The van der Waals surface area contributed by atoms with Crippen molar-refractivity contribution in [2.75, 3.05) is 18.1 Å². The van der Waals surface area contributed by atoms with Crippen molar-refractivity contribution in [3.05, 3.63) is 30.1 Å². The number of para-hydroxylation sites is 2. The fourth-order valence-corrected chi connectivity index (χ4v) is 2.31. The van der Waals surface area contributed by atoms with Crippen molar-refractivity contribution in [2.45, 2.75) is 12.8 Å². The molecule has 0 atom stereocenters. The lowest BCUT2D eigenvalue weighted by atomic mass is 10.3. The minimum Gasteiger partial charge on any atom is -0.396 e. The first-order valence-electron chi connectivity index (χ1n) is 5.52. The van der Waals surface area contributed by atoms with Gasteiger partial charge < -0.3 is 10.1 Å². The Kier molecular flexibility index (Phi) is 4.25. The highest BCUT2D eigenvalue weighted by atomic mass is 32.2. The Labute approximate surface area is 99.3 Å². The lowest BCUT2D eigenvalue weighted by Gasteiger charge is -1.97. The van der Waals surface area contributed by atoms with Gasteiger partial charge in [0.1, 0.15) is 5.82 Å². The second-order valence-corrected chi connectivity index (χ2v) is 4.86. The molecule has 0 amide bonds. The largest absolute Gasteiger partial charge is 0.396 e. The topological polar surface area (TPSA) is 48.9 Å². The van der Waals surface area contributed by atoms with E-state index in [4.69, 9.17) is 5.11 Å². The van der Waals surface area contributed by atoms with E-state index in [9.17, 15) is 0 Å². The van der Waals surface area contributed by atoms with E-state index in [1.165, 1.54) is 0 Å². The van der Waals surface area contributed by atoms with Crippen LogP contribution in [0.5, 0.6) is 0 Å². The second-order valence-electron chi connectivity index (χ2n) is 3.64. The number of aryl methyl sites for hydroxylation is 1. The molecule has 0 spiro atoms. The Balaban J connectivity index is 1.85. The highest BCUT2D eigenvalue weighted by Crippen LogP contribution is 2.12. The van der Waals surface area contributed by atoms with E-state index in [1.807, 2.05) is 24.3 Å². The maximum Gasteiger partial charge on any atom is 0.107 e. The van der Waals surface area contributed by atoms with Gasteiger partial charge in [0, 0.05) is 12.2 Å². The molecule has 0 fully saturated rings. The molecule has 3 nitrogen and oxygen atoms in total. The molecule has 86 valence electrons. The number of aliphatic hydroxyl groups is 1. The van der Waals surface area contributed by atoms with E-state index in [1.54, 1.807) is 11.8 Å². The summed E-state index contributed by atoms with van der Waals surface area (Å²) in [4.78, 5) is 7.83. The van der Waals surface area contributed by atoms with Crippen LogP contribution in [-0.4, -0.2) is 33.2 Å². The number of hydrogen-bond donors (Lipinski definition) is 2. The van der Waals surface area contributed by atoms with Gasteiger partial charge in [0.2, 0.25) is 0 Å². The van der Waals surface area contributed by atoms with Gasteiger partial charge in [-0.05, 0) is 24.3 Å². The van der Waals surface area contributed by atoms with Crippen molar-refractivity contribution in [1.82, 2.24) is 9.97 Å². The predicted molar refractivity (Wildman–Crippen MR) is 68.8 cm³/mol. The van der Waals surface area contributed by atoms with Gasteiger partial charge in [-0.2, -0.15) is 11.8 Å². The quantitative estimate of drug-likeness (QED) is 0.756. The number of fused-ring (bicyclic) bond motifs is 1. The van der Waals surface area contributed by atoms with Crippen LogP contribution >= 0.6 is 11.8 Å². The fraction of sp³-hybridized carbons (Fsp3) is 0.417. The average molecular weight is 236 g/mol. The summed E-state index contributed by atoms with van der Waals surface area (Å²) >= 11 is 1.79. The first-order valence-corrected chi connectivity index (χ1v) is 6.68. The van der Waals surface area contributed by atoms with Crippen molar-refractivity contribution < 1.29 is 5.11 Å². The molecule has 0 aliphatic carbocycles. The molecule has 0 saturated carbocycles. The Bertz CT molecular complexity index is 408. The molecule has 2 rings (SSSR count). The molecule has 0 bridgehead atoms. The Morgan fingerprint density at radius 1 is 1.25 bits per heavy atom. The summed E-state index contributed by atoms with van der Waals surface area (Å²) in [5.74, 6) is 2.98. The zero-order chi connectivity index (χ0) is 11.2. The second kappa shape index (κ2) is 5.92. The SMILES string of the molecule is OCCSCCCc1nc2ccccc2[nH]1. The third-order valence-electron chi connectivity index (χ3n) is 2.38. The number of aromatic amines is 1. The molecule has 0 aliphatic heterocycles. The molecule has 4 heteroatoms. The third-order valence-corrected chi connectivity index (χ3v) is 3.42. The number of benzene rings is 1. The normalized spacial score (nSPS) is 11.1. The van der Waals surface area contributed by atoms with Gasteiger partial charge in [0.15, 0.2) is 0 Å². The van der Waals surface area contributed by atoms with Gasteiger partial charge in [0.25, 0.3) is 0 Å². The van der Waals surface area contributed by atoms with Gasteiger partial charge in [-0.25, -0.2) is 4.98 Å². The molecule has 2 aromatic rings. The summed E-state index contributed by atoms with van der Waals surface area (Å²) in [6, 6.07) is 8.09. The van der Waals surface area contributed by atoms with Gasteiger partial charge in [0.05, 0.1) is 17.6 Å². The molecule has 0 unspecified atom stereocenters. The van der Waals surface area contributed by atoms with Crippen LogP contribution in [0.3, 0.4) is 0 Å². The van der Waals surface area contributed by atoms with Crippen molar-refractivity contribution in [3.63, 3.8) is 0 Å². The fourth-order valence-electron chi connectivity index (χ4n) is 1.63. The number of nitrogens with zero attached hydrogens (tertiary/aromatic N) is 1. The van der Waals surface area contributed by atoms with E-state index >= 15 is 0 Å². The van der Waals surface area contributed by atoms with E-state index in [0.717, 1.165) is 41.2 Å². The minimum absolute atomic E-state index is 0.273. The first kappa shape index (κ1) is 11.5. The Morgan fingerprint density at radius 2 is 2.12 bits per heavy atom. The number of rotatable bonds is 6. The van der Waals surface area contributed by atoms with Gasteiger partial charge >= 0.3 is 0 Å². The van der Waals surface area contributed by atoms with Crippen LogP contribution in [0.25, 0.3) is 11.0 Å². The van der Waals surface area contributed by atoms with Gasteiger partial charge in [-0.15, -0.1) is 0 Å². The van der Waals surface area contributed by atoms with Crippen molar-refractivity contribution in [2.24, 2.45) is 0 Å². The van der Waals surface area contributed by atoms with Crippen LogP contribution in [0.15, 0.2) is 24.3 Å². The maximum absolute atomic E-state index is 8.64. The van der Waals surface area contributed by atoms with Gasteiger partial charge in [-0.3, -0.25) is 0 Å². The van der Waals surface area contributed by atoms with Crippen LogP contribution in [-0.2, 0) is 6.42 Å². The van der Waals surface area contributed by atoms with E-state index in [0.29, 0.717) is 0 Å². The van der Waals surface area contributed by atoms with Gasteiger partial charge in [-0.1, -0.05) is 12.1 Å². The van der Waals surface area contributed by atoms with Crippen molar-refractivity contribution in [3.8, 4) is 0 Å². The van der Waals surface area contributed by atoms with Crippen LogP contribution in [0, 0.1) is 0 Å². The third kappa shape index (κ3) is 3.00. The van der Waals surface area contributed by atoms with E-state index in [2.05, 4.69) is 9.97 Å². The lowest BCUT2D eigenvalue weighted by molar-refractivity contribution is 0.322. The molecule has 2 N–H and O–H groups in total. The number of aliphatic hydroxyl groups excluding tert-OH is 1. The number of thioether (sulfide) groups is 1. The molecule has 1 aromatic carbocycles. The molecular formula is C12H16N2OS. The van der Waals surface area contributed by atoms with Crippen LogP contribution in [0.4, 0.5) is 0 Å². The Morgan fingerprint density at radius 3 is 2.94 bits per heavy atom. The highest BCUT2D eigenvalue weighted by Gasteiger charge is 2.01. The summed E-state index contributed by atoms with van der Waals surface area (Å²) in [5, 5.41) is 8.64. The smallest absolute Gasteiger partial charge is 0.107 e. The standard InChI is InChI=1S/C12H16N2OS/c15-7-9-16-8-3-6-12-13-10-4-1-2-5-11(10)14-12/h1-2,4-5,15H,3,6-9H2,(H,13,14). The lowest BCUT2D eigenvalue weighted by Crippen LogP contribution is -1.93. The first-order chi connectivity index (χ1) is 7.90. The summed E-state index contributed by atoms with van der Waals surface area (Å²) in [6.45, 7) is 0.273. The van der Waals surface area contributed by atoms with Crippen molar-refractivity contribution >= 4 is 22.8 Å². The average Bonchev–Trinajstić information content (AvgIpc) is 2.71. The number of imidazole rings is 1.